The summed E-state index contributed by atoms with van der Waals surface area (Å²) in [6.45, 7) is 10.6. The Kier molecular flexibility index (Phi) is 3.06. The number of hydrogen-bond donors (Lipinski definition) is 1. The van der Waals surface area contributed by atoms with Crippen LogP contribution in [0.15, 0.2) is 24.3 Å². The van der Waals surface area contributed by atoms with Gasteiger partial charge in [-0.15, -0.1) is 0 Å². The van der Waals surface area contributed by atoms with Crippen molar-refractivity contribution in [2.45, 2.75) is 27.3 Å². The van der Waals surface area contributed by atoms with Crippen molar-refractivity contribution >= 4 is 18.3 Å². The maximum absolute atomic E-state index is 9.89. The first-order chi connectivity index (χ1) is 11.2. The number of benzene rings is 2. The fourth-order valence-corrected chi connectivity index (χ4v) is 2.55. The number of hydrogen-bond acceptors (Lipinski definition) is 3. The Labute approximate surface area is 133 Å². The smallest absolute Gasteiger partial charge is 0.457 e. The summed E-state index contributed by atoms with van der Waals surface area (Å²) in [5.41, 5.74) is 3.64. The molecule has 0 radical (unpaired) electrons. The van der Waals surface area contributed by atoms with E-state index >= 15 is 0 Å². The molecule has 0 bridgehead atoms. The molecule has 1 N–H and O–H groups in total. The zero-order chi connectivity index (χ0) is 17.6. The van der Waals surface area contributed by atoms with Gasteiger partial charge in [-0.2, -0.15) is 0 Å². The Morgan fingerprint density at radius 2 is 2.00 bits per heavy atom. The molecule has 5 heteroatoms. The molecule has 4 nitrogen and oxygen atoms in total. The van der Waals surface area contributed by atoms with Crippen molar-refractivity contribution in [1.29, 1.82) is 0 Å². The van der Waals surface area contributed by atoms with Gasteiger partial charge < -0.3 is 14.4 Å². The molecule has 1 heterocycles. The number of ether oxygens (including phenoxy) is 1. The van der Waals surface area contributed by atoms with E-state index < -0.39 is 13.7 Å². The molecule has 0 unspecified atom stereocenters. The van der Waals surface area contributed by atoms with Crippen LogP contribution in [0.1, 0.15) is 25.0 Å². The monoisotopic (exact) mass is 295 g/mol. The summed E-state index contributed by atoms with van der Waals surface area (Å²) in [7, 11) is -1.27. The molecule has 0 amide bonds. The Morgan fingerprint density at radius 3 is 2.73 bits per heavy atom. The van der Waals surface area contributed by atoms with Crippen molar-refractivity contribution in [3.8, 4) is 11.5 Å². The normalized spacial score (nSPS) is 16.6. The van der Waals surface area contributed by atoms with Crippen LogP contribution < -0.4 is 10.2 Å². The number of nitrogens with zero attached hydrogens (tertiary/aromatic N) is 1. The number of fused-ring (bicyclic) bond motifs is 1. The van der Waals surface area contributed by atoms with Crippen molar-refractivity contribution in [1.82, 2.24) is 0 Å². The molecule has 1 aliphatic rings. The average Bonchev–Trinajstić information content (AvgIpc) is 2.72. The molecule has 0 saturated carbocycles. The minimum Gasteiger partial charge on any atom is -0.457 e. The van der Waals surface area contributed by atoms with Crippen LogP contribution in [0.4, 0.5) is 5.69 Å². The maximum Gasteiger partial charge on any atom is 0.492 e. The van der Waals surface area contributed by atoms with Crippen LogP contribution in [0.25, 0.3) is 4.85 Å². The Morgan fingerprint density at radius 1 is 1.23 bits per heavy atom. The van der Waals surface area contributed by atoms with E-state index in [0.717, 1.165) is 11.1 Å². The van der Waals surface area contributed by atoms with Gasteiger partial charge in [0.15, 0.2) is 5.69 Å². The lowest BCUT2D eigenvalue weighted by atomic mass is 9.76. The Bertz CT molecular complexity index is 877. The molecule has 2 aromatic rings. The van der Waals surface area contributed by atoms with Crippen molar-refractivity contribution in [3.63, 3.8) is 0 Å². The third kappa shape index (κ3) is 2.48. The predicted molar refractivity (Wildman–Crippen MR) is 85.8 cm³/mol. The van der Waals surface area contributed by atoms with Crippen LogP contribution >= 0.6 is 0 Å². The molecule has 0 aromatic heterocycles. The molecule has 110 valence electrons. The van der Waals surface area contributed by atoms with E-state index in [9.17, 15) is 5.02 Å². The van der Waals surface area contributed by atoms with E-state index in [0.29, 0.717) is 28.2 Å². The highest BCUT2D eigenvalue weighted by Crippen LogP contribution is 2.32. The lowest BCUT2D eigenvalue weighted by Crippen LogP contribution is -2.30. The summed E-state index contributed by atoms with van der Waals surface area (Å²) in [5.74, 6) is 1.07. The van der Waals surface area contributed by atoms with Crippen LogP contribution in [0.2, 0.25) is 0 Å². The van der Waals surface area contributed by atoms with Crippen LogP contribution in [0, 0.1) is 27.3 Å². The maximum atomic E-state index is 9.89. The van der Waals surface area contributed by atoms with Gasteiger partial charge in [-0.1, -0.05) is 0 Å². The second kappa shape index (κ2) is 5.49. The zero-order valence-electron chi connectivity index (χ0n) is 14.6. The average molecular weight is 295 g/mol. The van der Waals surface area contributed by atoms with Gasteiger partial charge in [0.1, 0.15) is 11.5 Å². The molecule has 0 saturated heterocycles. The fourth-order valence-electron chi connectivity index (χ4n) is 2.55. The van der Waals surface area contributed by atoms with Crippen molar-refractivity contribution < 1.29 is 17.2 Å². The lowest BCUT2D eigenvalue weighted by molar-refractivity contribution is 0.275. The van der Waals surface area contributed by atoms with Gasteiger partial charge in [-0.05, 0) is 72.8 Å². The number of rotatable bonds is 2. The van der Waals surface area contributed by atoms with Gasteiger partial charge in [-0.25, -0.2) is 4.85 Å². The van der Waals surface area contributed by atoms with Gasteiger partial charge in [0, 0.05) is 0 Å². The van der Waals surface area contributed by atoms with E-state index in [1.165, 1.54) is 0 Å². The molecular formula is C17H16BNO3. The Hall–Kier alpha value is -2.29. The largest absolute Gasteiger partial charge is 0.492 e. The molecular weight excluding hydrogens is 277 g/mol. The van der Waals surface area contributed by atoms with Crippen molar-refractivity contribution in [2.24, 2.45) is 0 Å². The van der Waals surface area contributed by atoms with E-state index in [2.05, 4.69) is 4.85 Å². The van der Waals surface area contributed by atoms with Crippen LogP contribution in [0.3, 0.4) is 0 Å². The van der Waals surface area contributed by atoms with E-state index in [1.54, 1.807) is 31.2 Å². The molecule has 3 rings (SSSR count). The first-order valence-electron chi connectivity index (χ1n) is 7.90. The van der Waals surface area contributed by atoms with Crippen molar-refractivity contribution in [3.05, 3.63) is 57.9 Å². The number of aryl methyl sites for hydroxylation is 3. The first kappa shape index (κ1) is 12.3. The molecule has 22 heavy (non-hydrogen) atoms. The molecule has 0 aliphatic carbocycles. The standard InChI is InChI=1S/C17H16BNO3/c1-10-7-16(11(2)6-15(10)19-4)22-14-5-12(3)17-13(8-14)9-21-18(17)20/h5-8,20H,9H2,1-3H3/i9D2. The van der Waals surface area contributed by atoms with E-state index in [4.69, 9.17) is 18.7 Å². The van der Waals surface area contributed by atoms with Crippen LogP contribution in [-0.2, 0) is 11.2 Å². The van der Waals surface area contributed by atoms with Gasteiger partial charge >= 0.3 is 7.12 Å². The second-order valence-corrected chi connectivity index (χ2v) is 5.39. The lowest BCUT2D eigenvalue weighted by Gasteiger charge is -2.13. The topological polar surface area (TPSA) is 43.0 Å². The second-order valence-electron chi connectivity index (χ2n) is 5.39. The highest BCUT2D eigenvalue weighted by atomic mass is 16.5. The minimum atomic E-state index is -2.06. The zero-order valence-corrected chi connectivity index (χ0v) is 12.6. The SMILES string of the molecule is [2H]C1([2H])OB(O)c2c(C)cc(Oc3cc(C)c([N+]#[C-])cc3C)cc21. The molecule has 1 aliphatic heterocycles. The Balaban J connectivity index is 2.03. The van der Waals surface area contributed by atoms with Crippen molar-refractivity contribution in [2.75, 3.05) is 0 Å². The summed E-state index contributed by atoms with van der Waals surface area (Å²) < 4.78 is 26.7. The summed E-state index contributed by atoms with van der Waals surface area (Å²) >= 11 is 0. The quantitative estimate of drug-likeness (QED) is 0.683. The van der Waals surface area contributed by atoms with Gasteiger partial charge in [0.05, 0.1) is 15.9 Å². The molecule has 0 fully saturated rings. The summed E-state index contributed by atoms with van der Waals surface area (Å²) in [6.07, 6.45) is 0. The highest BCUT2D eigenvalue weighted by Gasteiger charge is 2.29. The molecule has 0 spiro atoms. The molecule has 2 aromatic carbocycles. The minimum absolute atomic E-state index is 0.275. The van der Waals surface area contributed by atoms with E-state index in [-0.39, 0.29) is 5.56 Å². The third-order valence-electron chi connectivity index (χ3n) is 3.73. The first-order valence-corrected chi connectivity index (χ1v) is 6.90. The summed E-state index contributed by atoms with van der Waals surface area (Å²) in [6, 6.07) is 6.86. The van der Waals surface area contributed by atoms with Crippen LogP contribution in [0.5, 0.6) is 11.5 Å². The highest BCUT2D eigenvalue weighted by molar-refractivity contribution is 6.62. The summed E-state index contributed by atoms with van der Waals surface area (Å²) in [4.78, 5) is 3.47. The fraction of sp³-hybridized carbons (Fsp3) is 0.235. The van der Waals surface area contributed by atoms with E-state index in [1.807, 2.05) is 13.8 Å². The predicted octanol–water partition coefficient (Wildman–Crippen LogP) is 3.17. The van der Waals surface area contributed by atoms with Gasteiger partial charge in [0.2, 0.25) is 0 Å². The summed E-state index contributed by atoms with van der Waals surface area (Å²) in [5, 5.41) is 9.89. The third-order valence-corrected chi connectivity index (χ3v) is 3.73. The van der Waals surface area contributed by atoms with Gasteiger partial charge in [-0.3, -0.25) is 0 Å². The molecule has 0 atom stereocenters. The van der Waals surface area contributed by atoms with Gasteiger partial charge in [0.25, 0.3) is 0 Å². The van der Waals surface area contributed by atoms with Crippen LogP contribution in [-0.4, -0.2) is 12.1 Å².